The Labute approximate surface area is 174 Å². The molecule has 25 heavy (non-hydrogen) atoms. The maximum absolute atomic E-state index is 12.6. The fraction of sp³-hybridized carbons (Fsp3) is 0.235. The predicted octanol–water partition coefficient (Wildman–Crippen LogP) is 4.79. The molecule has 1 N–H and O–H groups in total. The molecule has 0 aliphatic rings. The zero-order valence-electron chi connectivity index (χ0n) is 13.7. The van der Waals surface area contributed by atoms with Crippen LogP contribution in [0, 0.1) is 14.1 Å². The number of ether oxygens (including phenoxy) is 1. The van der Waals surface area contributed by atoms with Crippen LogP contribution in [0.3, 0.4) is 0 Å². The molecule has 0 fully saturated rings. The van der Waals surface area contributed by atoms with E-state index in [1.165, 1.54) is 12.1 Å². The van der Waals surface area contributed by atoms with E-state index in [1.54, 1.807) is 20.8 Å². The Balaban J connectivity index is 2.51. The molecule has 5 nitrogen and oxygen atoms in total. The van der Waals surface area contributed by atoms with Gasteiger partial charge in [-0.3, -0.25) is 4.55 Å². The molecule has 0 atom stereocenters. The van der Waals surface area contributed by atoms with E-state index < -0.39 is 16.1 Å². The van der Waals surface area contributed by atoms with Crippen molar-refractivity contribution in [3.63, 3.8) is 0 Å². The molecule has 0 bridgehead atoms. The fourth-order valence-electron chi connectivity index (χ4n) is 2.31. The second kappa shape index (κ2) is 7.89. The molecule has 134 valence electrons. The molecule has 2 aromatic rings. The van der Waals surface area contributed by atoms with E-state index in [-0.39, 0.29) is 16.6 Å². The summed E-state index contributed by atoms with van der Waals surface area (Å²) in [5.74, 6) is -0.407. The number of hydrogen-bond donors (Lipinski definition) is 1. The molecule has 8 heteroatoms. The van der Waals surface area contributed by atoms with Gasteiger partial charge in [0, 0.05) is 7.14 Å². The molecule has 2 rings (SSSR count). The number of rotatable bonds is 4. The van der Waals surface area contributed by atoms with Gasteiger partial charge in [0.1, 0.15) is 5.75 Å². The number of carbonyl (C=O) groups is 1. The molecule has 0 aliphatic heterocycles. The summed E-state index contributed by atoms with van der Waals surface area (Å²) in [6, 6.07) is 8.31. The SMILES string of the molecule is Cc1cc(S(=O)(=O)O)c(C(C)C)cc1OC(=O)c1c(I)cccc1I. The molecule has 0 aliphatic carbocycles. The van der Waals surface area contributed by atoms with Crippen LogP contribution < -0.4 is 4.74 Å². The smallest absolute Gasteiger partial charge is 0.345 e. The minimum atomic E-state index is -4.35. The lowest BCUT2D eigenvalue weighted by atomic mass is 10.0. The number of hydrogen-bond acceptors (Lipinski definition) is 4. The molecule has 2 aromatic carbocycles. The van der Waals surface area contributed by atoms with Gasteiger partial charge in [0.2, 0.25) is 0 Å². The highest BCUT2D eigenvalue weighted by Gasteiger charge is 2.22. The van der Waals surface area contributed by atoms with E-state index in [2.05, 4.69) is 45.2 Å². The highest BCUT2D eigenvalue weighted by Crippen LogP contribution is 2.32. The van der Waals surface area contributed by atoms with Crippen LogP contribution in [-0.2, 0) is 10.1 Å². The van der Waals surface area contributed by atoms with Crippen LogP contribution in [0.1, 0.15) is 41.3 Å². The summed E-state index contributed by atoms with van der Waals surface area (Å²) in [4.78, 5) is 12.4. The van der Waals surface area contributed by atoms with Crippen molar-refractivity contribution in [3.05, 3.63) is 54.2 Å². The van der Waals surface area contributed by atoms with Crippen molar-refractivity contribution < 1.29 is 22.5 Å². The van der Waals surface area contributed by atoms with Crippen LogP contribution in [0.2, 0.25) is 0 Å². The van der Waals surface area contributed by atoms with E-state index in [9.17, 15) is 17.8 Å². The lowest BCUT2D eigenvalue weighted by Gasteiger charge is -2.16. The van der Waals surface area contributed by atoms with Crippen molar-refractivity contribution in [2.45, 2.75) is 31.6 Å². The van der Waals surface area contributed by atoms with Gasteiger partial charge in [-0.2, -0.15) is 8.42 Å². The summed E-state index contributed by atoms with van der Waals surface area (Å²) in [5.41, 5.74) is 1.31. The molecular weight excluding hydrogens is 570 g/mol. The van der Waals surface area contributed by atoms with Crippen LogP contribution in [0.4, 0.5) is 0 Å². The van der Waals surface area contributed by atoms with E-state index in [1.807, 2.05) is 18.2 Å². The highest BCUT2D eigenvalue weighted by molar-refractivity contribution is 14.1. The number of carbonyl (C=O) groups excluding carboxylic acids is 1. The zero-order valence-corrected chi connectivity index (χ0v) is 18.8. The van der Waals surface area contributed by atoms with Crippen LogP contribution in [0.15, 0.2) is 35.2 Å². The monoisotopic (exact) mass is 586 g/mol. The standard InChI is InChI=1S/C17H16I2O5S/c1-9(2)11-8-14(10(3)7-15(11)25(21,22)23)24-17(20)16-12(18)5-4-6-13(16)19/h4-9H,1-3H3,(H,21,22,23). The summed E-state index contributed by atoms with van der Waals surface area (Å²) >= 11 is 4.14. The summed E-state index contributed by atoms with van der Waals surface area (Å²) in [7, 11) is -4.35. The third-order valence-electron chi connectivity index (χ3n) is 3.58. The van der Waals surface area contributed by atoms with E-state index in [4.69, 9.17) is 4.74 Å². The molecule has 0 spiro atoms. The van der Waals surface area contributed by atoms with Gasteiger partial charge in [-0.05, 0) is 93.4 Å². The number of benzene rings is 2. The zero-order chi connectivity index (χ0) is 18.9. The summed E-state index contributed by atoms with van der Waals surface area (Å²) in [6.45, 7) is 5.23. The molecule has 0 aromatic heterocycles. The van der Waals surface area contributed by atoms with Gasteiger partial charge in [0.05, 0.1) is 10.5 Å². The van der Waals surface area contributed by atoms with E-state index >= 15 is 0 Å². The van der Waals surface area contributed by atoms with Crippen molar-refractivity contribution >= 4 is 61.3 Å². The van der Waals surface area contributed by atoms with Crippen molar-refractivity contribution in [2.75, 3.05) is 0 Å². The van der Waals surface area contributed by atoms with Gasteiger partial charge in [-0.15, -0.1) is 0 Å². The third-order valence-corrected chi connectivity index (χ3v) is 6.28. The lowest BCUT2D eigenvalue weighted by molar-refractivity contribution is 0.0731. The van der Waals surface area contributed by atoms with Crippen LogP contribution in [0.5, 0.6) is 5.75 Å². The summed E-state index contributed by atoms with van der Waals surface area (Å²) in [6.07, 6.45) is 0. The maximum Gasteiger partial charge on any atom is 0.345 e. The van der Waals surface area contributed by atoms with Crippen molar-refractivity contribution in [2.24, 2.45) is 0 Å². The highest BCUT2D eigenvalue weighted by atomic mass is 127. The fourth-order valence-corrected chi connectivity index (χ4v) is 5.18. The Morgan fingerprint density at radius 3 is 2.20 bits per heavy atom. The average Bonchev–Trinajstić information content (AvgIpc) is 2.47. The van der Waals surface area contributed by atoms with Gasteiger partial charge in [0.25, 0.3) is 10.1 Å². The Bertz CT molecular complexity index is 916. The largest absolute Gasteiger partial charge is 0.423 e. The lowest BCUT2D eigenvalue weighted by Crippen LogP contribution is -2.14. The topological polar surface area (TPSA) is 80.7 Å². The first-order valence-corrected chi connectivity index (χ1v) is 10.9. The minimum absolute atomic E-state index is 0.163. The molecule has 0 radical (unpaired) electrons. The van der Waals surface area contributed by atoms with Crippen molar-refractivity contribution in [1.82, 2.24) is 0 Å². The minimum Gasteiger partial charge on any atom is -0.423 e. The van der Waals surface area contributed by atoms with Crippen LogP contribution in [0.25, 0.3) is 0 Å². The molecule has 0 saturated heterocycles. The average molecular weight is 586 g/mol. The Morgan fingerprint density at radius 2 is 1.72 bits per heavy atom. The molecule has 0 saturated carbocycles. The van der Waals surface area contributed by atoms with Gasteiger partial charge >= 0.3 is 5.97 Å². The first-order chi connectivity index (χ1) is 11.5. The van der Waals surface area contributed by atoms with Gasteiger partial charge in [-0.1, -0.05) is 19.9 Å². The number of esters is 1. The van der Waals surface area contributed by atoms with Crippen molar-refractivity contribution in [1.29, 1.82) is 0 Å². The van der Waals surface area contributed by atoms with E-state index in [0.717, 1.165) is 7.14 Å². The van der Waals surface area contributed by atoms with E-state index in [0.29, 0.717) is 16.7 Å². The maximum atomic E-state index is 12.6. The third kappa shape index (κ3) is 4.72. The first-order valence-electron chi connectivity index (χ1n) is 7.30. The second-order valence-corrected chi connectivity index (χ2v) is 9.49. The normalized spacial score (nSPS) is 11.6. The van der Waals surface area contributed by atoms with Crippen molar-refractivity contribution in [3.8, 4) is 5.75 Å². The van der Waals surface area contributed by atoms with Gasteiger partial charge in [0.15, 0.2) is 0 Å². The van der Waals surface area contributed by atoms with Gasteiger partial charge in [-0.25, -0.2) is 4.79 Å². The van der Waals surface area contributed by atoms with Crippen LogP contribution >= 0.6 is 45.2 Å². The summed E-state index contributed by atoms with van der Waals surface area (Å²) < 4.78 is 39.7. The Kier molecular flexibility index (Phi) is 6.50. The molecular formula is C17H16I2O5S. The quantitative estimate of drug-likeness (QED) is 0.241. The summed E-state index contributed by atoms with van der Waals surface area (Å²) in [5, 5.41) is 0. The van der Waals surface area contributed by atoms with Gasteiger partial charge < -0.3 is 4.74 Å². The second-order valence-electron chi connectivity index (χ2n) is 5.77. The number of aryl methyl sites for hydroxylation is 1. The number of halogens is 2. The predicted molar refractivity (Wildman–Crippen MR) is 112 cm³/mol. The van der Waals surface area contributed by atoms with Crippen LogP contribution in [-0.4, -0.2) is 18.9 Å². The Hall–Kier alpha value is -0.720. The molecule has 0 amide bonds. The Morgan fingerprint density at radius 1 is 1.16 bits per heavy atom. The molecule has 0 unspecified atom stereocenters. The first kappa shape index (κ1) is 20.6. The molecule has 0 heterocycles.